The second-order valence-corrected chi connectivity index (χ2v) is 10.4. The molecule has 0 spiro atoms. The lowest BCUT2D eigenvalue weighted by atomic mass is 10.1. The molecular weight excluding hydrogens is 514 g/mol. The van der Waals surface area contributed by atoms with Crippen molar-refractivity contribution in [1.29, 1.82) is 0 Å². The summed E-state index contributed by atoms with van der Waals surface area (Å²) in [5.41, 5.74) is 2.44. The van der Waals surface area contributed by atoms with Gasteiger partial charge in [0, 0.05) is 18.5 Å². The van der Waals surface area contributed by atoms with E-state index in [1.807, 2.05) is 61.5 Å². The highest BCUT2D eigenvalue weighted by Crippen LogP contribution is 2.36. The zero-order chi connectivity index (χ0) is 27.2. The van der Waals surface area contributed by atoms with Gasteiger partial charge in [-0.3, -0.25) is 19.3 Å². The Bertz CT molecular complexity index is 1400. The fourth-order valence-electron chi connectivity index (χ4n) is 4.46. The molecule has 200 valence electrons. The molecule has 5 rings (SSSR count). The van der Waals surface area contributed by atoms with E-state index in [9.17, 15) is 14.4 Å². The van der Waals surface area contributed by atoms with Gasteiger partial charge in [-0.2, -0.15) is 4.99 Å². The number of amidine groups is 2. The number of nitrogens with zero attached hydrogens (tertiary/aromatic N) is 3. The molecule has 3 aromatic rings. The van der Waals surface area contributed by atoms with Crippen molar-refractivity contribution in [1.82, 2.24) is 15.5 Å². The van der Waals surface area contributed by atoms with E-state index in [1.54, 1.807) is 23.3 Å². The lowest BCUT2D eigenvalue weighted by molar-refractivity contribution is -0.123. The molecule has 0 saturated heterocycles. The van der Waals surface area contributed by atoms with E-state index in [4.69, 9.17) is 9.41 Å². The number of thioether (sulfide) groups is 1. The summed E-state index contributed by atoms with van der Waals surface area (Å²) in [5, 5.41) is 5.90. The molecule has 10 heteroatoms. The number of hydrogen-bond acceptors (Lipinski definition) is 7. The number of fused-ring (bicyclic) bond motifs is 3. The number of benzene rings is 2. The van der Waals surface area contributed by atoms with Crippen LogP contribution in [-0.2, 0) is 27.5 Å². The SMILES string of the molecule is CCC(SC1=Nc2ccccc2C2=NC(=O)C(CCC(=O)NCc3ccccc3)N12)C(=O)NCc1ccco1. The van der Waals surface area contributed by atoms with Crippen molar-refractivity contribution < 1.29 is 18.8 Å². The molecule has 39 heavy (non-hydrogen) atoms. The summed E-state index contributed by atoms with van der Waals surface area (Å²) in [5.74, 6) is 0.556. The Kier molecular flexibility index (Phi) is 8.21. The van der Waals surface area contributed by atoms with Crippen LogP contribution < -0.4 is 10.6 Å². The summed E-state index contributed by atoms with van der Waals surface area (Å²) < 4.78 is 5.32. The van der Waals surface area contributed by atoms with Crippen molar-refractivity contribution in [2.75, 3.05) is 0 Å². The van der Waals surface area contributed by atoms with E-state index in [0.717, 1.165) is 11.1 Å². The van der Waals surface area contributed by atoms with Gasteiger partial charge in [-0.05, 0) is 42.7 Å². The second-order valence-electron chi connectivity index (χ2n) is 9.18. The van der Waals surface area contributed by atoms with Gasteiger partial charge in [0.05, 0.1) is 23.7 Å². The van der Waals surface area contributed by atoms with E-state index in [-0.39, 0.29) is 37.1 Å². The van der Waals surface area contributed by atoms with Crippen LogP contribution in [0.5, 0.6) is 0 Å². The van der Waals surface area contributed by atoms with Gasteiger partial charge in [-0.1, -0.05) is 61.2 Å². The van der Waals surface area contributed by atoms with Crippen molar-refractivity contribution in [3.63, 3.8) is 0 Å². The van der Waals surface area contributed by atoms with Crippen LogP contribution in [0.1, 0.15) is 43.1 Å². The number of furan rings is 1. The normalized spacial score (nSPS) is 16.6. The van der Waals surface area contributed by atoms with Crippen LogP contribution in [0.3, 0.4) is 0 Å². The summed E-state index contributed by atoms with van der Waals surface area (Å²) in [6.45, 7) is 2.64. The van der Waals surface area contributed by atoms with Gasteiger partial charge in [-0.25, -0.2) is 4.99 Å². The fraction of sp³-hybridized carbons (Fsp3) is 0.276. The van der Waals surface area contributed by atoms with Crippen LogP contribution in [0.4, 0.5) is 5.69 Å². The van der Waals surface area contributed by atoms with Gasteiger partial charge < -0.3 is 15.1 Å². The highest BCUT2D eigenvalue weighted by molar-refractivity contribution is 8.15. The summed E-state index contributed by atoms with van der Waals surface area (Å²) in [7, 11) is 0. The van der Waals surface area contributed by atoms with E-state index >= 15 is 0 Å². The first-order chi connectivity index (χ1) is 19.0. The lowest BCUT2D eigenvalue weighted by Crippen LogP contribution is -2.45. The molecule has 0 bridgehead atoms. The third-order valence-electron chi connectivity index (χ3n) is 6.51. The minimum absolute atomic E-state index is 0.146. The predicted octanol–water partition coefficient (Wildman–Crippen LogP) is 4.16. The molecule has 2 aliphatic heterocycles. The third kappa shape index (κ3) is 6.12. The zero-order valence-corrected chi connectivity index (χ0v) is 22.3. The van der Waals surface area contributed by atoms with Crippen LogP contribution in [0.15, 0.2) is 87.4 Å². The number of para-hydroxylation sites is 1. The highest BCUT2D eigenvalue weighted by Gasteiger charge is 2.42. The summed E-state index contributed by atoms with van der Waals surface area (Å²) in [6.07, 6.45) is 2.55. The van der Waals surface area contributed by atoms with E-state index in [2.05, 4.69) is 15.6 Å². The van der Waals surface area contributed by atoms with Crippen molar-refractivity contribution in [3.8, 4) is 0 Å². The zero-order valence-electron chi connectivity index (χ0n) is 21.5. The Balaban J connectivity index is 1.30. The standard InChI is InChI=1S/C29H29N5O4S/c1-2-24(28(37)31-18-20-11-8-16-38-20)39-29-32-22-13-7-6-12-21(22)26-33-27(36)23(34(26)29)14-15-25(35)30-17-19-9-4-3-5-10-19/h3-13,16,23-24H,2,14-15,17-18H2,1H3,(H,30,35)(H,31,37). The Hall–Kier alpha value is -4.18. The largest absolute Gasteiger partial charge is 0.467 e. The van der Waals surface area contributed by atoms with Crippen molar-refractivity contribution in [3.05, 3.63) is 89.9 Å². The molecule has 2 aromatic carbocycles. The molecule has 2 unspecified atom stereocenters. The first-order valence-electron chi connectivity index (χ1n) is 12.9. The van der Waals surface area contributed by atoms with Gasteiger partial charge in [0.1, 0.15) is 17.6 Å². The van der Waals surface area contributed by atoms with Gasteiger partial charge in [-0.15, -0.1) is 0 Å². The topological polar surface area (TPSA) is 116 Å². The molecule has 2 N–H and O–H groups in total. The maximum absolute atomic E-state index is 13.1. The number of nitrogens with one attached hydrogen (secondary N) is 2. The van der Waals surface area contributed by atoms with Crippen LogP contribution in [-0.4, -0.2) is 44.9 Å². The van der Waals surface area contributed by atoms with Gasteiger partial charge in [0.25, 0.3) is 5.91 Å². The summed E-state index contributed by atoms with van der Waals surface area (Å²) >= 11 is 1.30. The fourth-order valence-corrected chi connectivity index (χ4v) is 5.55. The Morgan fingerprint density at radius 3 is 2.56 bits per heavy atom. The molecule has 3 heterocycles. The smallest absolute Gasteiger partial charge is 0.270 e. The average molecular weight is 544 g/mol. The predicted molar refractivity (Wildman–Crippen MR) is 150 cm³/mol. The Morgan fingerprint density at radius 2 is 1.79 bits per heavy atom. The van der Waals surface area contributed by atoms with Crippen molar-refractivity contribution >= 4 is 46.2 Å². The number of hydrogen-bond donors (Lipinski definition) is 2. The minimum atomic E-state index is -0.675. The molecular formula is C29H29N5O4S. The van der Waals surface area contributed by atoms with Crippen molar-refractivity contribution in [2.45, 2.75) is 50.6 Å². The first kappa shape index (κ1) is 26.4. The second kappa shape index (κ2) is 12.1. The highest BCUT2D eigenvalue weighted by atomic mass is 32.2. The number of rotatable bonds is 10. The maximum atomic E-state index is 13.1. The van der Waals surface area contributed by atoms with E-state index in [0.29, 0.717) is 35.4 Å². The molecule has 1 aromatic heterocycles. The van der Waals surface area contributed by atoms with E-state index < -0.39 is 11.3 Å². The van der Waals surface area contributed by atoms with Crippen molar-refractivity contribution in [2.24, 2.45) is 9.98 Å². The summed E-state index contributed by atoms with van der Waals surface area (Å²) in [6, 6.07) is 20.0. The van der Waals surface area contributed by atoms with Crippen LogP contribution in [0.2, 0.25) is 0 Å². The van der Waals surface area contributed by atoms with Crippen LogP contribution >= 0.6 is 11.8 Å². The van der Waals surface area contributed by atoms with Gasteiger partial charge in [0.2, 0.25) is 11.8 Å². The molecule has 0 fully saturated rings. The van der Waals surface area contributed by atoms with Crippen LogP contribution in [0, 0.1) is 0 Å². The first-order valence-corrected chi connectivity index (χ1v) is 13.8. The number of carbonyl (C=O) groups excluding carboxylic acids is 3. The molecule has 2 aliphatic rings. The molecule has 2 atom stereocenters. The number of carbonyl (C=O) groups is 3. The van der Waals surface area contributed by atoms with Gasteiger partial charge >= 0.3 is 0 Å². The molecule has 3 amide bonds. The molecule has 0 radical (unpaired) electrons. The maximum Gasteiger partial charge on any atom is 0.270 e. The Labute approximate surface area is 230 Å². The third-order valence-corrected chi connectivity index (χ3v) is 7.84. The average Bonchev–Trinajstić information content (AvgIpc) is 3.60. The summed E-state index contributed by atoms with van der Waals surface area (Å²) in [4.78, 5) is 49.7. The quantitative estimate of drug-likeness (QED) is 0.397. The number of aliphatic imine (C=N–C) groups is 2. The molecule has 0 aliphatic carbocycles. The lowest BCUT2D eigenvalue weighted by Gasteiger charge is -2.32. The Morgan fingerprint density at radius 1 is 1.00 bits per heavy atom. The molecule has 0 saturated carbocycles. The van der Waals surface area contributed by atoms with Gasteiger partial charge in [0.15, 0.2) is 5.17 Å². The number of amides is 3. The minimum Gasteiger partial charge on any atom is -0.467 e. The monoisotopic (exact) mass is 543 g/mol. The van der Waals surface area contributed by atoms with Crippen LogP contribution in [0.25, 0.3) is 0 Å². The van der Waals surface area contributed by atoms with E-state index in [1.165, 1.54) is 11.8 Å². The molecule has 9 nitrogen and oxygen atoms in total.